The molecule has 0 spiro atoms. The number of benzene rings is 1. The van der Waals surface area contributed by atoms with Crippen molar-refractivity contribution >= 4 is 27.3 Å². The van der Waals surface area contributed by atoms with Crippen LogP contribution in [0.3, 0.4) is 0 Å². The predicted octanol–water partition coefficient (Wildman–Crippen LogP) is 2.03. The smallest absolute Gasteiger partial charge is 0.253 e. The third kappa shape index (κ3) is 4.88. The van der Waals surface area contributed by atoms with E-state index in [1.165, 1.54) is 17.0 Å². The van der Waals surface area contributed by atoms with Crippen LogP contribution < -0.4 is 4.72 Å². The van der Waals surface area contributed by atoms with Gasteiger partial charge in [-0.1, -0.05) is 12.1 Å². The lowest BCUT2D eigenvalue weighted by atomic mass is 10.2. The third-order valence-electron chi connectivity index (χ3n) is 3.76. The Bertz CT molecular complexity index is 815. The summed E-state index contributed by atoms with van der Waals surface area (Å²) in [6.45, 7) is 0.252. The Morgan fingerprint density at radius 2 is 1.88 bits per heavy atom. The number of carbonyl (C=O) groups is 1. The van der Waals surface area contributed by atoms with Gasteiger partial charge < -0.3 is 9.80 Å². The minimum Gasteiger partial charge on any atom is -0.345 e. The van der Waals surface area contributed by atoms with E-state index in [9.17, 15) is 13.2 Å². The van der Waals surface area contributed by atoms with Gasteiger partial charge in [-0.15, -0.1) is 11.3 Å². The summed E-state index contributed by atoms with van der Waals surface area (Å²) in [7, 11) is 3.38. The molecule has 1 amide bonds. The standard InChI is InChI=1S/C17H23N3O3S2/c1-19(2)15(16-9-6-10-24-16)12-18-25(22,23)14-8-5-7-13(11-14)17(21)20(3)4/h5-11,15,18H,12H2,1-4H3. The maximum atomic E-state index is 12.6. The minimum absolute atomic E-state index is 0.0543. The zero-order valence-electron chi connectivity index (χ0n) is 14.8. The highest BCUT2D eigenvalue weighted by Gasteiger charge is 2.21. The average molecular weight is 382 g/mol. The van der Waals surface area contributed by atoms with Crippen molar-refractivity contribution in [3.63, 3.8) is 0 Å². The van der Waals surface area contributed by atoms with Crippen molar-refractivity contribution in [2.45, 2.75) is 10.9 Å². The number of hydrogen-bond donors (Lipinski definition) is 1. The van der Waals surface area contributed by atoms with Crippen molar-refractivity contribution in [3.05, 3.63) is 52.2 Å². The van der Waals surface area contributed by atoms with Gasteiger partial charge in [-0.05, 0) is 43.7 Å². The van der Waals surface area contributed by atoms with Gasteiger partial charge in [-0.2, -0.15) is 0 Å². The molecule has 1 aromatic carbocycles. The van der Waals surface area contributed by atoms with Crippen LogP contribution in [0.1, 0.15) is 21.3 Å². The van der Waals surface area contributed by atoms with Gasteiger partial charge in [0.15, 0.2) is 0 Å². The van der Waals surface area contributed by atoms with Gasteiger partial charge in [0.1, 0.15) is 0 Å². The van der Waals surface area contributed by atoms with Gasteiger partial charge in [0.2, 0.25) is 10.0 Å². The Balaban J connectivity index is 2.19. The van der Waals surface area contributed by atoms with E-state index in [0.717, 1.165) is 4.88 Å². The summed E-state index contributed by atoms with van der Waals surface area (Å²) in [6, 6.07) is 9.96. The van der Waals surface area contributed by atoms with Gasteiger partial charge >= 0.3 is 0 Å². The highest BCUT2D eigenvalue weighted by Crippen LogP contribution is 2.23. The lowest BCUT2D eigenvalue weighted by Crippen LogP contribution is -2.34. The number of sulfonamides is 1. The Morgan fingerprint density at radius 1 is 1.16 bits per heavy atom. The molecule has 1 heterocycles. The fraction of sp³-hybridized carbons (Fsp3) is 0.353. The molecule has 25 heavy (non-hydrogen) atoms. The highest BCUT2D eigenvalue weighted by molar-refractivity contribution is 7.89. The van der Waals surface area contributed by atoms with Crippen LogP contribution in [0.15, 0.2) is 46.7 Å². The maximum Gasteiger partial charge on any atom is 0.253 e. The summed E-state index contributed by atoms with van der Waals surface area (Å²) >= 11 is 1.59. The van der Waals surface area contributed by atoms with E-state index >= 15 is 0 Å². The second-order valence-electron chi connectivity index (χ2n) is 6.07. The summed E-state index contributed by atoms with van der Waals surface area (Å²) in [5.41, 5.74) is 0.343. The van der Waals surface area contributed by atoms with Crippen molar-refractivity contribution < 1.29 is 13.2 Å². The molecule has 0 saturated heterocycles. The average Bonchev–Trinajstić information content (AvgIpc) is 3.08. The molecular weight excluding hydrogens is 358 g/mol. The molecule has 1 aromatic heterocycles. The van der Waals surface area contributed by atoms with Gasteiger partial charge in [-0.25, -0.2) is 13.1 Å². The number of hydrogen-bond acceptors (Lipinski definition) is 5. The minimum atomic E-state index is -3.70. The van der Waals surface area contributed by atoms with Crippen molar-refractivity contribution in [2.75, 3.05) is 34.7 Å². The first kappa shape index (κ1) is 19.6. The van der Waals surface area contributed by atoms with Gasteiger partial charge in [-0.3, -0.25) is 4.79 Å². The molecule has 0 aliphatic heterocycles. The highest BCUT2D eigenvalue weighted by atomic mass is 32.2. The normalized spacial score (nSPS) is 13.0. The fourth-order valence-electron chi connectivity index (χ4n) is 2.34. The molecule has 0 aliphatic rings. The Morgan fingerprint density at radius 3 is 2.44 bits per heavy atom. The van der Waals surface area contributed by atoms with E-state index < -0.39 is 10.0 Å². The number of rotatable bonds is 7. The predicted molar refractivity (Wildman–Crippen MR) is 100 cm³/mol. The van der Waals surface area contributed by atoms with Gasteiger partial charge in [0.25, 0.3) is 5.91 Å². The Hall–Kier alpha value is -1.74. The monoisotopic (exact) mass is 381 g/mol. The number of likely N-dealkylation sites (N-methyl/N-ethyl adjacent to an activating group) is 1. The largest absolute Gasteiger partial charge is 0.345 e. The zero-order valence-corrected chi connectivity index (χ0v) is 16.4. The molecule has 1 atom stereocenters. The molecule has 1 N–H and O–H groups in total. The van der Waals surface area contributed by atoms with E-state index in [0.29, 0.717) is 5.56 Å². The van der Waals surface area contributed by atoms with Crippen LogP contribution in [0.2, 0.25) is 0 Å². The summed E-state index contributed by atoms with van der Waals surface area (Å²) in [6.07, 6.45) is 0. The molecule has 1 unspecified atom stereocenters. The van der Waals surface area contributed by atoms with Crippen LogP contribution in [-0.4, -0.2) is 58.9 Å². The molecular formula is C17H23N3O3S2. The van der Waals surface area contributed by atoms with Crippen LogP contribution in [-0.2, 0) is 10.0 Å². The molecule has 0 aliphatic carbocycles. The number of nitrogens with zero attached hydrogens (tertiary/aromatic N) is 2. The first-order chi connectivity index (χ1) is 11.7. The quantitative estimate of drug-likeness (QED) is 0.797. The van der Waals surface area contributed by atoms with Crippen molar-refractivity contribution in [1.29, 1.82) is 0 Å². The molecule has 0 bridgehead atoms. The maximum absolute atomic E-state index is 12.6. The van der Waals surface area contributed by atoms with Gasteiger partial charge in [0.05, 0.1) is 10.9 Å². The first-order valence-corrected chi connectivity index (χ1v) is 10.1. The summed E-state index contributed by atoms with van der Waals surface area (Å²) in [5.74, 6) is -0.234. The molecule has 2 aromatic rings. The summed E-state index contributed by atoms with van der Waals surface area (Å²) in [5, 5.41) is 1.97. The van der Waals surface area contributed by atoms with E-state index in [1.807, 2.05) is 36.5 Å². The summed E-state index contributed by atoms with van der Waals surface area (Å²) < 4.78 is 27.9. The lowest BCUT2D eigenvalue weighted by molar-refractivity contribution is 0.0827. The molecule has 0 radical (unpaired) electrons. The number of thiophene rings is 1. The van der Waals surface area contributed by atoms with E-state index in [2.05, 4.69) is 4.72 Å². The van der Waals surface area contributed by atoms with Crippen molar-refractivity contribution in [1.82, 2.24) is 14.5 Å². The van der Waals surface area contributed by atoms with Crippen LogP contribution >= 0.6 is 11.3 Å². The number of nitrogens with one attached hydrogen (secondary N) is 1. The SMILES string of the molecule is CN(C)C(=O)c1cccc(S(=O)(=O)NCC(c2cccs2)N(C)C)c1. The molecule has 0 saturated carbocycles. The van der Waals surface area contributed by atoms with E-state index in [1.54, 1.807) is 37.6 Å². The van der Waals surface area contributed by atoms with Crippen LogP contribution in [0.25, 0.3) is 0 Å². The first-order valence-electron chi connectivity index (χ1n) is 7.73. The van der Waals surface area contributed by atoms with E-state index in [-0.39, 0.29) is 23.4 Å². The van der Waals surface area contributed by atoms with Crippen LogP contribution in [0.4, 0.5) is 0 Å². The van der Waals surface area contributed by atoms with E-state index in [4.69, 9.17) is 0 Å². The third-order valence-corrected chi connectivity index (χ3v) is 6.15. The molecule has 8 heteroatoms. The second-order valence-corrected chi connectivity index (χ2v) is 8.82. The summed E-state index contributed by atoms with van der Waals surface area (Å²) in [4.78, 5) is 16.6. The number of amides is 1. The number of carbonyl (C=O) groups excluding carboxylic acids is 1. The van der Waals surface area contributed by atoms with Crippen LogP contribution in [0.5, 0.6) is 0 Å². The van der Waals surface area contributed by atoms with Crippen molar-refractivity contribution in [3.8, 4) is 0 Å². The Kier molecular flexibility index (Phi) is 6.34. The fourth-order valence-corrected chi connectivity index (χ4v) is 4.35. The second kappa shape index (κ2) is 8.09. The lowest BCUT2D eigenvalue weighted by Gasteiger charge is -2.23. The molecule has 0 fully saturated rings. The molecule has 6 nitrogen and oxygen atoms in total. The van der Waals surface area contributed by atoms with Crippen molar-refractivity contribution in [2.24, 2.45) is 0 Å². The van der Waals surface area contributed by atoms with Gasteiger partial charge in [0, 0.05) is 31.1 Å². The molecule has 2 rings (SSSR count). The topological polar surface area (TPSA) is 69.7 Å². The zero-order chi connectivity index (χ0) is 18.6. The van der Waals surface area contributed by atoms with Crippen LogP contribution in [0, 0.1) is 0 Å². The molecule has 136 valence electrons. The Labute approximate surface area is 153 Å².